The first-order valence-electron chi connectivity index (χ1n) is 6.78. The smallest absolute Gasteiger partial charge is 0.345 e. The summed E-state index contributed by atoms with van der Waals surface area (Å²) in [6.07, 6.45) is -0.737. The molecule has 116 valence electrons. The van der Waals surface area contributed by atoms with E-state index < -0.39 is 12.1 Å². The molecule has 0 aromatic heterocycles. The zero-order chi connectivity index (χ0) is 16.1. The van der Waals surface area contributed by atoms with Crippen molar-refractivity contribution in [1.82, 2.24) is 0 Å². The molecule has 22 heavy (non-hydrogen) atoms. The van der Waals surface area contributed by atoms with Crippen molar-refractivity contribution in [3.63, 3.8) is 0 Å². The molecule has 0 spiro atoms. The standard InChI is InChI=1S/C17H17ClO4/c1-11-3-4-13(18)9-12(11)10-16(17(19)20)22-15-7-5-14(21-2)6-8-15/h3-9,16H,10H2,1-2H3,(H,19,20). The molecule has 2 aromatic carbocycles. The number of carbonyl (C=O) groups is 1. The maximum atomic E-state index is 11.4. The molecule has 0 heterocycles. The van der Waals surface area contributed by atoms with Crippen LogP contribution in [-0.2, 0) is 11.2 Å². The van der Waals surface area contributed by atoms with E-state index in [4.69, 9.17) is 21.1 Å². The molecule has 0 aliphatic carbocycles. The maximum absolute atomic E-state index is 11.4. The van der Waals surface area contributed by atoms with Gasteiger partial charge >= 0.3 is 5.97 Å². The molecule has 0 saturated heterocycles. The van der Waals surface area contributed by atoms with Gasteiger partial charge in [0.1, 0.15) is 11.5 Å². The lowest BCUT2D eigenvalue weighted by molar-refractivity contribution is -0.145. The van der Waals surface area contributed by atoms with Crippen LogP contribution in [-0.4, -0.2) is 24.3 Å². The first-order chi connectivity index (χ1) is 10.5. The van der Waals surface area contributed by atoms with Crippen molar-refractivity contribution < 1.29 is 19.4 Å². The Labute approximate surface area is 134 Å². The minimum atomic E-state index is -1.02. The van der Waals surface area contributed by atoms with Crippen LogP contribution in [0.15, 0.2) is 42.5 Å². The summed E-state index contributed by atoms with van der Waals surface area (Å²) in [4.78, 5) is 11.4. The SMILES string of the molecule is COc1ccc(OC(Cc2cc(Cl)ccc2C)C(=O)O)cc1. The van der Waals surface area contributed by atoms with Crippen LogP contribution in [0.4, 0.5) is 0 Å². The van der Waals surface area contributed by atoms with E-state index in [1.54, 1.807) is 43.5 Å². The topological polar surface area (TPSA) is 55.8 Å². The van der Waals surface area contributed by atoms with Gasteiger partial charge in [-0.15, -0.1) is 0 Å². The fourth-order valence-corrected chi connectivity index (χ4v) is 2.25. The predicted octanol–water partition coefficient (Wildman–Crippen LogP) is 3.73. The van der Waals surface area contributed by atoms with Gasteiger partial charge in [0.25, 0.3) is 0 Å². The van der Waals surface area contributed by atoms with Gasteiger partial charge < -0.3 is 14.6 Å². The second kappa shape index (κ2) is 7.18. The summed E-state index contributed by atoms with van der Waals surface area (Å²) in [5, 5.41) is 9.95. The van der Waals surface area contributed by atoms with Crippen LogP contribution in [0.3, 0.4) is 0 Å². The first kappa shape index (κ1) is 16.2. The molecule has 1 atom stereocenters. The lowest BCUT2D eigenvalue weighted by Gasteiger charge is -2.17. The van der Waals surface area contributed by atoms with Gasteiger partial charge in [-0.1, -0.05) is 17.7 Å². The average Bonchev–Trinajstić information content (AvgIpc) is 2.50. The summed E-state index contributed by atoms with van der Waals surface area (Å²) in [6.45, 7) is 1.91. The normalized spacial score (nSPS) is 11.8. The van der Waals surface area contributed by atoms with Crippen LogP contribution in [0, 0.1) is 6.92 Å². The molecular formula is C17H17ClO4. The Kier molecular flexibility index (Phi) is 5.28. The molecule has 2 rings (SSSR count). The summed E-state index contributed by atoms with van der Waals surface area (Å²) >= 11 is 5.97. The molecule has 1 unspecified atom stereocenters. The van der Waals surface area contributed by atoms with E-state index in [9.17, 15) is 9.90 Å². The number of aryl methyl sites for hydroxylation is 1. The van der Waals surface area contributed by atoms with Gasteiger partial charge in [0.2, 0.25) is 0 Å². The summed E-state index contributed by atoms with van der Waals surface area (Å²) in [5.41, 5.74) is 1.84. The number of methoxy groups -OCH3 is 1. The highest BCUT2D eigenvalue weighted by molar-refractivity contribution is 6.30. The Balaban J connectivity index is 2.15. The van der Waals surface area contributed by atoms with Gasteiger partial charge in [0, 0.05) is 11.4 Å². The van der Waals surface area contributed by atoms with Gasteiger partial charge in [0.15, 0.2) is 6.10 Å². The summed E-state index contributed by atoms with van der Waals surface area (Å²) < 4.78 is 10.6. The third-order valence-electron chi connectivity index (χ3n) is 3.33. The van der Waals surface area contributed by atoms with Crippen molar-refractivity contribution >= 4 is 17.6 Å². The highest BCUT2D eigenvalue weighted by atomic mass is 35.5. The van der Waals surface area contributed by atoms with Crippen LogP contribution in [0.5, 0.6) is 11.5 Å². The lowest BCUT2D eigenvalue weighted by atomic mass is 10.0. The van der Waals surface area contributed by atoms with Crippen molar-refractivity contribution in [2.24, 2.45) is 0 Å². The number of rotatable bonds is 6. The second-order valence-corrected chi connectivity index (χ2v) is 5.33. The number of hydrogen-bond donors (Lipinski definition) is 1. The van der Waals surface area contributed by atoms with Gasteiger partial charge in [-0.25, -0.2) is 4.79 Å². The van der Waals surface area contributed by atoms with Crippen molar-refractivity contribution in [1.29, 1.82) is 0 Å². The number of ether oxygens (including phenoxy) is 2. The van der Waals surface area contributed by atoms with Crippen molar-refractivity contribution in [3.05, 3.63) is 58.6 Å². The Bertz CT molecular complexity index is 652. The maximum Gasteiger partial charge on any atom is 0.345 e. The van der Waals surface area contributed by atoms with Crippen molar-refractivity contribution in [2.75, 3.05) is 7.11 Å². The third-order valence-corrected chi connectivity index (χ3v) is 3.56. The van der Waals surface area contributed by atoms with Crippen molar-refractivity contribution in [2.45, 2.75) is 19.4 Å². The summed E-state index contributed by atoms with van der Waals surface area (Å²) in [5.74, 6) is 0.146. The fraction of sp³-hybridized carbons (Fsp3) is 0.235. The molecule has 5 heteroatoms. The number of halogens is 1. The third kappa shape index (κ3) is 4.15. The van der Waals surface area contributed by atoms with E-state index in [1.165, 1.54) is 0 Å². The molecule has 0 fully saturated rings. The van der Waals surface area contributed by atoms with E-state index in [0.29, 0.717) is 16.5 Å². The minimum absolute atomic E-state index is 0.244. The largest absolute Gasteiger partial charge is 0.497 e. The van der Waals surface area contributed by atoms with Crippen LogP contribution in [0.25, 0.3) is 0 Å². The predicted molar refractivity (Wildman–Crippen MR) is 84.9 cm³/mol. The molecule has 0 aliphatic heterocycles. The highest BCUT2D eigenvalue weighted by Crippen LogP contribution is 2.21. The molecule has 1 N–H and O–H groups in total. The van der Waals surface area contributed by atoms with Crippen LogP contribution >= 0.6 is 11.6 Å². The number of benzene rings is 2. The average molecular weight is 321 g/mol. The lowest BCUT2D eigenvalue weighted by Crippen LogP contribution is -2.29. The van der Waals surface area contributed by atoms with E-state index in [1.807, 2.05) is 13.0 Å². The zero-order valence-corrected chi connectivity index (χ0v) is 13.1. The molecular weight excluding hydrogens is 304 g/mol. The molecule has 2 aromatic rings. The molecule has 0 aliphatic rings. The van der Waals surface area contributed by atoms with Gasteiger partial charge in [-0.05, 0) is 54.4 Å². The van der Waals surface area contributed by atoms with Crippen LogP contribution in [0.2, 0.25) is 5.02 Å². The van der Waals surface area contributed by atoms with Gasteiger partial charge in [-0.2, -0.15) is 0 Å². The first-order valence-corrected chi connectivity index (χ1v) is 7.16. The summed E-state index contributed by atoms with van der Waals surface area (Å²) in [7, 11) is 1.57. The number of hydrogen-bond acceptors (Lipinski definition) is 3. The minimum Gasteiger partial charge on any atom is -0.497 e. The Hall–Kier alpha value is -2.20. The van der Waals surface area contributed by atoms with E-state index >= 15 is 0 Å². The fourth-order valence-electron chi connectivity index (χ4n) is 2.06. The number of carboxylic acids is 1. The van der Waals surface area contributed by atoms with Crippen LogP contribution in [0.1, 0.15) is 11.1 Å². The Morgan fingerprint density at radius 1 is 1.18 bits per heavy atom. The quantitative estimate of drug-likeness (QED) is 0.881. The molecule has 0 amide bonds. The number of aliphatic carboxylic acids is 1. The van der Waals surface area contributed by atoms with E-state index in [-0.39, 0.29) is 6.42 Å². The molecule has 0 bridgehead atoms. The van der Waals surface area contributed by atoms with Gasteiger partial charge in [0.05, 0.1) is 7.11 Å². The Morgan fingerprint density at radius 3 is 2.41 bits per heavy atom. The Morgan fingerprint density at radius 2 is 1.82 bits per heavy atom. The van der Waals surface area contributed by atoms with Crippen LogP contribution < -0.4 is 9.47 Å². The highest BCUT2D eigenvalue weighted by Gasteiger charge is 2.21. The second-order valence-electron chi connectivity index (χ2n) is 4.90. The number of carboxylic acid groups (broad SMARTS) is 1. The van der Waals surface area contributed by atoms with Crippen molar-refractivity contribution in [3.8, 4) is 11.5 Å². The van der Waals surface area contributed by atoms with E-state index in [2.05, 4.69) is 0 Å². The molecule has 4 nitrogen and oxygen atoms in total. The van der Waals surface area contributed by atoms with Gasteiger partial charge in [-0.3, -0.25) is 0 Å². The summed E-state index contributed by atoms with van der Waals surface area (Å²) in [6, 6.07) is 12.2. The monoisotopic (exact) mass is 320 g/mol. The zero-order valence-electron chi connectivity index (χ0n) is 12.4. The molecule has 0 radical (unpaired) electrons. The molecule has 0 saturated carbocycles. The van der Waals surface area contributed by atoms with E-state index in [0.717, 1.165) is 11.1 Å².